The molecular formula is C17H18N6O4S. The summed E-state index contributed by atoms with van der Waals surface area (Å²) < 4.78 is 24.1. The fourth-order valence-electron chi connectivity index (χ4n) is 2.91. The van der Waals surface area contributed by atoms with Gasteiger partial charge in [0.2, 0.25) is 10.0 Å². The van der Waals surface area contributed by atoms with Gasteiger partial charge in [0.25, 0.3) is 0 Å². The SMILES string of the molecule is CN(CC(=O)O)Cc1ccc(-c2cccc(S(N)(=O)=O)c2-c2nnn[nH]2)cc1. The van der Waals surface area contributed by atoms with Gasteiger partial charge in [-0.1, -0.05) is 36.4 Å². The van der Waals surface area contributed by atoms with Crippen LogP contribution in [-0.4, -0.2) is 58.6 Å². The van der Waals surface area contributed by atoms with Crippen molar-refractivity contribution in [3.63, 3.8) is 0 Å². The first kappa shape index (κ1) is 19.6. The van der Waals surface area contributed by atoms with Crippen LogP contribution in [0.5, 0.6) is 0 Å². The monoisotopic (exact) mass is 402 g/mol. The number of rotatable bonds is 7. The maximum atomic E-state index is 12.0. The van der Waals surface area contributed by atoms with Crippen LogP contribution in [0.15, 0.2) is 47.4 Å². The van der Waals surface area contributed by atoms with Gasteiger partial charge in [-0.3, -0.25) is 9.69 Å². The molecule has 0 amide bonds. The van der Waals surface area contributed by atoms with E-state index in [1.807, 2.05) is 24.3 Å². The van der Waals surface area contributed by atoms with E-state index in [2.05, 4.69) is 20.6 Å². The Labute approximate surface area is 161 Å². The first-order valence-corrected chi connectivity index (χ1v) is 9.70. The van der Waals surface area contributed by atoms with Crippen LogP contribution < -0.4 is 5.14 Å². The Morgan fingerprint density at radius 1 is 1.21 bits per heavy atom. The second kappa shape index (κ2) is 7.84. The molecule has 11 heteroatoms. The molecule has 3 rings (SSSR count). The molecule has 0 aliphatic carbocycles. The number of sulfonamides is 1. The molecule has 0 aliphatic heterocycles. The van der Waals surface area contributed by atoms with Crippen LogP contribution >= 0.6 is 0 Å². The molecular weight excluding hydrogens is 384 g/mol. The highest BCUT2D eigenvalue weighted by Gasteiger charge is 2.21. The van der Waals surface area contributed by atoms with Crippen molar-refractivity contribution in [1.82, 2.24) is 25.5 Å². The number of carboxylic acid groups (broad SMARTS) is 1. The Kier molecular flexibility index (Phi) is 5.49. The van der Waals surface area contributed by atoms with Gasteiger partial charge < -0.3 is 5.11 Å². The van der Waals surface area contributed by atoms with E-state index in [9.17, 15) is 13.2 Å². The van der Waals surface area contributed by atoms with Crippen molar-refractivity contribution < 1.29 is 18.3 Å². The summed E-state index contributed by atoms with van der Waals surface area (Å²) in [6, 6.07) is 12.1. The predicted octanol–water partition coefficient (Wildman–Crippen LogP) is 0.698. The largest absolute Gasteiger partial charge is 0.480 e. The number of benzene rings is 2. The standard InChI is InChI=1S/C17H18N6O4S/c1-23(10-15(24)25)9-11-5-7-12(8-6-11)13-3-2-4-14(28(18,26)27)16(13)17-19-21-22-20-17/h2-8H,9-10H2,1H3,(H,24,25)(H2,18,26,27)(H,19,20,21,22). The second-order valence-electron chi connectivity index (χ2n) is 6.24. The van der Waals surface area contributed by atoms with Gasteiger partial charge in [-0.25, -0.2) is 18.7 Å². The van der Waals surface area contributed by atoms with Gasteiger partial charge in [0.05, 0.1) is 11.4 Å². The summed E-state index contributed by atoms with van der Waals surface area (Å²) in [5.74, 6) is -0.714. The summed E-state index contributed by atoms with van der Waals surface area (Å²) in [7, 11) is -2.29. The number of carbonyl (C=O) groups is 1. The van der Waals surface area contributed by atoms with Crippen molar-refractivity contribution in [3.8, 4) is 22.5 Å². The number of H-pyrrole nitrogens is 1. The van der Waals surface area contributed by atoms with Crippen LogP contribution in [-0.2, 0) is 21.4 Å². The van der Waals surface area contributed by atoms with Crippen LogP contribution in [0.4, 0.5) is 0 Å². The number of nitrogens with two attached hydrogens (primary N) is 1. The molecule has 28 heavy (non-hydrogen) atoms. The van der Waals surface area contributed by atoms with E-state index in [0.717, 1.165) is 11.1 Å². The highest BCUT2D eigenvalue weighted by molar-refractivity contribution is 7.89. The topological polar surface area (TPSA) is 155 Å². The quantitative estimate of drug-likeness (QED) is 0.521. The van der Waals surface area contributed by atoms with Gasteiger partial charge >= 0.3 is 5.97 Å². The van der Waals surface area contributed by atoms with Gasteiger partial charge in [0.1, 0.15) is 0 Å². The van der Waals surface area contributed by atoms with Crippen molar-refractivity contribution in [1.29, 1.82) is 0 Å². The number of nitrogens with one attached hydrogen (secondary N) is 1. The van der Waals surface area contributed by atoms with Crippen LogP contribution in [0.25, 0.3) is 22.5 Å². The van der Waals surface area contributed by atoms with E-state index in [-0.39, 0.29) is 22.8 Å². The Hall–Kier alpha value is -3.15. The zero-order valence-electron chi connectivity index (χ0n) is 14.9. The number of aliphatic carboxylic acids is 1. The van der Waals surface area contributed by atoms with E-state index in [4.69, 9.17) is 10.2 Å². The highest BCUT2D eigenvalue weighted by atomic mass is 32.2. The fraction of sp³-hybridized carbons (Fsp3) is 0.176. The van der Waals surface area contributed by atoms with Gasteiger partial charge in [-0.2, -0.15) is 0 Å². The maximum Gasteiger partial charge on any atom is 0.317 e. The van der Waals surface area contributed by atoms with E-state index >= 15 is 0 Å². The molecule has 1 heterocycles. The Bertz CT molecular complexity index is 1080. The highest BCUT2D eigenvalue weighted by Crippen LogP contribution is 2.34. The summed E-state index contributed by atoms with van der Waals surface area (Å²) in [6.07, 6.45) is 0. The molecule has 4 N–H and O–H groups in total. The van der Waals surface area contributed by atoms with E-state index in [1.165, 1.54) is 6.07 Å². The normalized spacial score (nSPS) is 11.7. The van der Waals surface area contributed by atoms with Crippen molar-refractivity contribution in [2.24, 2.45) is 5.14 Å². The molecule has 146 valence electrons. The van der Waals surface area contributed by atoms with Crippen molar-refractivity contribution in [2.45, 2.75) is 11.4 Å². The maximum absolute atomic E-state index is 12.0. The number of tetrazole rings is 1. The van der Waals surface area contributed by atoms with Crippen LogP contribution in [0.2, 0.25) is 0 Å². The molecule has 2 aromatic carbocycles. The van der Waals surface area contributed by atoms with Gasteiger partial charge in [0, 0.05) is 12.1 Å². The Morgan fingerprint density at radius 3 is 2.50 bits per heavy atom. The van der Waals surface area contributed by atoms with Crippen LogP contribution in [0.1, 0.15) is 5.56 Å². The van der Waals surface area contributed by atoms with Gasteiger partial charge in [-0.15, -0.1) is 5.10 Å². The molecule has 0 fully saturated rings. The molecule has 1 aromatic heterocycles. The average molecular weight is 402 g/mol. The number of primary sulfonamides is 1. The Morgan fingerprint density at radius 2 is 1.93 bits per heavy atom. The van der Waals surface area contributed by atoms with Crippen molar-refractivity contribution >= 4 is 16.0 Å². The third-order valence-corrected chi connectivity index (χ3v) is 4.99. The number of likely N-dealkylation sites (N-methyl/N-ethyl adjacent to an activating group) is 1. The lowest BCUT2D eigenvalue weighted by Gasteiger charge is -2.15. The van der Waals surface area contributed by atoms with Crippen LogP contribution in [0, 0.1) is 0 Å². The molecule has 3 aromatic rings. The minimum atomic E-state index is -4.00. The Balaban J connectivity index is 2.01. The molecule has 0 atom stereocenters. The van der Waals surface area contributed by atoms with Crippen molar-refractivity contribution in [2.75, 3.05) is 13.6 Å². The molecule has 0 spiro atoms. The number of aromatic nitrogens is 4. The zero-order chi connectivity index (χ0) is 20.3. The first-order chi connectivity index (χ1) is 13.3. The molecule has 0 saturated heterocycles. The fourth-order valence-corrected chi connectivity index (χ4v) is 3.67. The predicted molar refractivity (Wildman–Crippen MR) is 100 cm³/mol. The average Bonchev–Trinajstić information content (AvgIpc) is 3.14. The molecule has 0 aliphatic rings. The van der Waals surface area contributed by atoms with Crippen LogP contribution in [0.3, 0.4) is 0 Å². The summed E-state index contributed by atoms with van der Waals surface area (Å²) in [6.45, 7) is 0.392. The molecule has 0 unspecified atom stereocenters. The number of hydrogen-bond donors (Lipinski definition) is 3. The lowest BCUT2D eigenvalue weighted by molar-refractivity contribution is -0.138. The number of nitrogens with zero attached hydrogens (tertiary/aromatic N) is 4. The second-order valence-corrected chi connectivity index (χ2v) is 7.77. The van der Waals surface area contributed by atoms with Crippen molar-refractivity contribution in [3.05, 3.63) is 48.0 Å². The van der Waals surface area contributed by atoms with Gasteiger partial charge in [-0.05, 0) is 40.2 Å². The molecule has 0 saturated carbocycles. The van der Waals surface area contributed by atoms with E-state index < -0.39 is 16.0 Å². The van der Waals surface area contributed by atoms with E-state index in [0.29, 0.717) is 12.1 Å². The third kappa shape index (κ3) is 4.39. The third-order valence-electron chi connectivity index (χ3n) is 4.04. The lowest BCUT2D eigenvalue weighted by Crippen LogP contribution is -2.25. The summed E-state index contributed by atoms with van der Waals surface area (Å²) in [5.41, 5.74) is 2.53. The van der Waals surface area contributed by atoms with Gasteiger partial charge in [0.15, 0.2) is 5.82 Å². The minimum Gasteiger partial charge on any atom is -0.480 e. The smallest absolute Gasteiger partial charge is 0.317 e. The number of hydrogen-bond acceptors (Lipinski definition) is 7. The first-order valence-electron chi connectivity index (χ1n) is 8.15. The van der Waals surface area contributed by atoms with E-state index in [1.54, 1.807) is 24.1 Å². The molecule has 0 radical (unpaired) electrons. The molecule has 0 bridgehead atoms. The summed E-state index contributed by atoms with van der Waals surface area (Å²) in [5, 5.41) is 27.7. The molecule has 10 nitrogen and oxygen atoms in total. The summed E-state index contributed by atoms with van der Waals surface area (Å²) in [4.78, 5) is 12.4. The lowest BCUT2D eigenvalue weighted by atomic mass is 9.98. The summed E-state index contributed by atoms with van der Waals surface area (Å²) >= 11 is 0. The number of aromatic amines is 1. The number of carboxylic acids is 1. The minimum absolute atomic E-state index is 0.0687. The zero-order valence-corrected chi connectivity index (χ0v) is 15.7.